The third-order valence-corrected chi connectivity index (χ3v) is 5.49. The monoisotopic (exact) mass is 316 g/mol. The van der Waals surface area contributed by atoms with E-state index in [1.54, 1.807) is 23.9 Å². The molecule has 0 spiro atoms. The molecular formula is C14H24N2O2S2. The van der Waals surface area contributed by atoms with Gasteiger partial charge in [0.05, 0.1) is 4.90 Å². The van der Waals surface area contributed by atoms with E-state index in [1.807, 2.05) is 26.2 Å². The average Bonchev–Trinajstić information content (AvgIpc) is 2.44. The van der Waals surface area contributed by atoms with Crippen LogP contribution in [-0.2, 0) is 23.0 Å². The van der Waals surface area contributed by atoms with Crippen molar-refractivity contribution >= 4 is 21.8 Å². The molecule has 114 valence electrons. The van der Waals surface area contributed by atoms with Crippen molar-refractivity contribution in [2.75, 3.05) is 18.6 Å². The highest BCUT2D eigenvalue weighted by Crippen LogP contribution is 2.17. The fourth-order valence-electron chi connectivity index (χ4n) is 1.98. The topological polar surface area (TPSA) is 72.2 Å². The highest BCUT2D eigenvalue weighted by Gasteiger charge is 2.16. The Morgan fingerprint density at radius 1 is 1.35 bits per heavy atom. The van der Waals surface area contributed by atoms with E-state index in [1.165, 1.54) is 0 Å². The Balaban J connectivity index is 2.87. The lowest BCUT2D eigenvalue weighted by Gasteiger charge is -2.13. The third-order valence-electron chi connectivity index (χ3n) is 3.16. The van der Waals surface area contributed by atoms with Crippen LogP contribution in [-0.4, -0.2) is 27.0 Å². The predicted molar refractivity (Wildman–Crippen MR) is 86.4 cm³/mol. The molecule has 1 aromatic rings. The smallest absolute Gasteiger partial charge is 0.240 e. The molecule has 1 atom stereocenters. The van der Waals surface area contributed by atoms with Crippen molar-refractivity contribution in [3.05, 3.63) is 29.3 Å². The Morgan fingerprint density at radius 2 is 2.05 bits per heavy atom. The van der Waals surface area contributed by atoms with Gasteiger partial charge in [-0.2, -0.15) is 11.8 Å². The van der Waals surface area contributed by atoms with Crippen LogP contribution in [0.3, 0.4) is 0 Å². The molecule has 1 unspecified atom stereocenters. The first kappa shape index (κ1) is 17.5. The van der Waals surface area contributed by atoms with Gasteiger partial charge in [-0.25, -0.2) is 13.1 Å². The van der Waals surface area contributed by atoms with Crippen molar-refractivity contribution < 1.29 is 8.42 Å². The van der Waals surface area contributed by atoms with Crippen LogP contribution in [0.1, 0.15) is 25.0 Å². The van der Waals surface area contributed by atoms with Gasteiger partial charge < -0.3 is 5.73 Å². The summed E-state index contributed by atoms with van der Waals surface area (Å²) in [6, 6.07) is 5.18. The van der Waals surface area contributed by atoms with Gasteiger partial charge >= 0.3 is 0 Å². The SMILES string of the molecule is CCc1ccc(S(=O)(=O)NCC(C)CSC)cc1CN. The minimum absolute atomic E-state index is 0.298. The zero-order valence-corrected chi connectivity index (χ0v) is 14.0. The van der Waals surface area contributed by atoms with Gasteiger partial charge in [0, 0.05) is 13.1 Å². The number of rotatable bonds is 8. The predicted octanol–water partition coefficient (Wildman–Crippen LogP) is 1.99. The summed E-state index contributed by atoms with van der Waals surface area (Å²) in [7, 11) is -3.45. The first-order valence-electron chi connectivity index (χ1n) is 6.75. The number of hydrogen-bond acceptors (Lipinski definition) is 4. The van der Waals surface area contributed by atoms with Crippen LogP contribution < -0.4 is 10.5 Å². The maximum atomic E-state index is 12.2. The number of benzene rings is 1. The molecule has 0 heterocycles. The molecule has 0 amide bonds. The molecule has 0 aliphatic heterocycles. The number of hydrogen-bond donors (Lipinski definition) is 2. The molecule has 1 rings (SSSR count). The van der Waals surface area contributed by atoms with Crippen LogP contribution in [0.15, 0.2) is 23.1 Å². The Kier molecular flexibility index (Phi) is 7.02. The maximum absolute atomic E-state index is 12.2. The summed E-state index contributed by atoms with van der Waals surface area (Å²) >= 11 is 1.72. The van der Waals surface area contributed by atoms with E-state index in [0.29, 0.717) is 23.9 Å². The van der Waals surface area contributed by atoms with E-state index >= 15 is 0 Å². The number of aryl methyl sites for hydroxylation is 1. The Labute approximate surface area is 126 Å². The summed E-state index contributed by atoms with van der Waals surface area (Å²) in [4.78, 5) is 0.298. The van der Waals surface area contributed by atoms with Gasteiger partial charge in [-0.15, -0.1) is 0 Å². The highest BCUT2D eigenvalue weighted by molar-refractivity contribution is 7.98. The van der Waals surface area contributed by atoms with Gasteiger partial charge in [-0.3, -0.25) is 0 Å². The van der Waals surface area contributed by atoms with E-state index in [9.17, 15) is 8.42 Å². The molecule has 4 nitrogen and oxygen atoms in total. The van der Waals surface area contributed by atoms with Gasteiger partial charge in [-0.05, 0) is 47.6 Å². The van der Waals surface area contributed by atoms with Gasteiger partial charge in [0.1, 0.15) is 0 Å². The summed E-state index contributed by atoms with van der Waals surface area (Å²) < 4.78 is 27.2. The number of nitrogens with one attached hydrogen (secondary N) is 1. The Hall–Kier alpha value is -0.560. The highest BCUT2D eigenvalue weighted by atomic mass is 32.2. The van der Waals surface area contributed by atoms with Crippen LogP contribution in [0.2, 0.25) is 0 Å². The molecule has 0 saturated carbocycles. The van der Waals surface area contributed by atoms with Gasteiger partial charge in [-0.1, -0.05) is 19.9 Å². The molecule has 3 N–H and O–H groups in total. The fraction of sp³-hybridized carbons (Fsp3) is 0.571. The standard InChI is InChI=1S/C14H24N2O2S2/c1-4-12-5-6-14(7-13(12)8-15)20(17,18)16-9-11(2)10-19-3/h5-7,11,16H,4,8-10,15H2,1-3H3. The van der Waals surface area contributed by atoms with E-state index in [-0.39, 0.29) is 0 Å². The first-order valence-corrected chi connectivity index (χ1v) is 9.62. The number of sulfonamides is 1. The lowest BCUT2D eigenvalue weighted by Crippen LogP contribution is -2.29. The van der Waals surface area contributed by atoms with Crippen LogP contribution in [0.5, 0.6) is 0 Å². The van der Waals surface area contributed by atoms with Crippen LogP contribution in [0, 0.1) is 5.92 Å². The van der Waals surface area contributed by atoms with Crippen molar-refractivity contribution in [1.29, 1.82) is 0 Å². The van der Waals surface area contributed by atoms with Crippen molar-refractivity contribution in [2.24, 2.45) is 11.7 Å². The Bertz CT molecular complexity index is 530. The zero-order valence-electron chi connectivity index (χ0n) is 12.3. The third kappa shape index (κ3) is 4.77. The van der Waals surface area contributed by atoms with Gasteiger partial charge in [0.2, 0.25) is 10.0 Å². The quantitative estimate of drug-likeness (QED) is 0.769. The lowest BCUT2D eigenvalue weighted by molar-refractivity contribution is 0.562. The molecule has 0 saturated heterocycles. The Morgan fingerprint density at radius 3 is 2.60 bits per heavy atom. The van der Waals surface area contributed by atoms with Crippen molar-refractivity contribution in [3.8, 4) is 0 Å². The second kappa shape index (κ2) is 8.02. The maximum Gasteiger partial charge on any atom is 0.240 e. The molecule has 0 aromatic heterocycles. The molecule has 20 heavy (non-hydrogen) atoms. The van der Waals surface area contributed by atoms with Gasteiger partial charge in [0.25, 0.3) is 0 Å². The molecular weight excluding hydrogens is 292 g/mol. The van der Waals surface area contributed by atoms with Crippen LogP contribution in [0.25, 0.3) is 0 Å². The van der Waals surface area contributed by atoms with Crippen molar-refractivity contribution in [1.82, 2.24) is 4.72 Å². The van der Waals surface area contributed by atoms with E-state index in [2.05, 4.69) is 4.72 Å². The number of thioether (sulfide) groups is 1. The molecule has 0 radical (unpaired) electrons. The second-order valence-corrected chi connectivity index (χ2v) is 7.58. The summed E-state index contributed by atoms with van der Waals surface area (Å²) in [5.74, 6) is 1.24. The minimum atomic E-state index is -3.45. The summed E-state index contributed by atoms with van der Waals surface area (Å²) in [5.41, 5.74) is 7.68. The lowest BCUT2D eigenvalue weighted by atomic mass is 10.1. The largest absolute Gasteiger partial charge is 0.326 e. The zero-order chi connectivity index (χ0) is 15.2. The molecule has 0 bridgehead atoms. The first-order chi connectivity index (χ1) is 9.44. The van der Waals surface area contributed by atoms with Crippen molar-refractivity contribution in [2.45, 2.75) is 31.7 Å². The molecule has 0 fully saturated rings. The second-order valence-electron chi connectivity index (χ2n) is 4.90. The summed E-state index contributed by atoms with van der Waals surface area (Å²) in [6.07, 6.45) is 2.87. The minimum Gasteiger partial charge on any atom is -0.326 e. The molecule has 1 aromatic carbocycles. The molecule has 6 heteroatoms. The van der Waals surface area contributed by atoms with Gasteiger partial charge in [0.15, 0.2) is 0 Å². The van der Waals surface area contributed by atoms with E-state index in [4.69, 9.17) is 5.73 Å². The normalized spacial score (nSPS) is 13.4. The molecule has 0 aliphatic carbocycles. The fourth-order valence-corrected chi connectivity index (χ4v) is 3.89. The molecule has 0 aliphatic rings. The van der Waals surface area contributed by atoms with Crippen molar-refractivity contribution in [3.63, 3.8) is 0 Å². The summed E-state index contributed by atoms with van der Waals surface area (Å²) in [6.45, 7) is 4.88. The van der Waals surface area contributed by atoms with Crippen LogP contribution >= 0.6 is 11.8 Å². The van der Waals surface area contributed by atoms with Crippen LogP contribution in [0.4, 0.5) is 0 Å². The van der Waals surface area contributed by atoms with E-state index < -0.39 is 10.0 Å². The average molecular weight is 316 g/mol. The van der Waals surface area contributed by atoms with E-state index in [0.717, 1.165) is 23.3 Å². The number of nitrogens with two attached hydrogens (primary N) is 1. The summed E-state index contributed by atoms with van der Waals surface area (Å²) in [5, 5.41) is 0.